The van der Waals surface area contributed by atoms with Gasteiger partial charge in [0.15, 0.2) is 0 Å². The summed E-state index contributed by atoms with van der Waals surface area (Å²) < 4.78 is 4.99. The minimum absolute atomic E-state index is 0.000787. The summed E-state index contributed by atoms with van der Waals surface area (Å²) in [6, 6.07) is -0.660. The number of rotatable bonds is 5. The number of carboxylic acid groups (broad SMARTS) is 1. The van der Waals surface area contributed by atoms with Crippen LogP contribution in [0.1, 0.15) is 34.1 Å². The van der Waals surface area contributed by atoms with Gasteiger partial charge < -0.3 is 20.5 Å². The molecule has 7 heteroatoms. The van der Waals surface area contributed by atoms with Crippen LogP contribution in [0.4, 0.5) is 4.79 Å². The number of ether oxygens (including phenoxy) is 1. The monoisotopic (exact) mass is 260 g/mol. The van der Waals surface area contributed by atoms with Gasteiger partial charge in [-0.2, -0.15) is 0 Å². The van der Waals surface area contributed by atoms with Crippen molar-refractivity contribution in [2.45, 2.75) is 45.8 Å². The molecule has 0 radical (unpaired) electrons. The first-order chi connectivity index (χ1) is 8.10. The third kappa shape index (κ3) is 9.44. The Hall–Kier alpha value is -1.79. The summed E-state index contributed by atoms with van der Waals surface area (Å²) in [5.74, 6) is -1.41. The standard InChI is InChI=1S/C11H20N2O5/c1-7(14)13-8(5-9(15)16)6-12-10(17)18-11(2,3)4/h8H,5-6H2,1-4H3,(H,12,17)(H,13,14)(H,15,16)/t8-/m1/s1. The Labute approximate surface area is 106 Å². The maximum absolute atomic E-state index is 11.3. The Morgan fingerprint density at radius 2 is 1.83 bits per heavy atom. The largest absolute Gasteiger partial charge is 0.481 e. The summed E-state index contributed by atoms with van der Waals surface area (Å²) in [6.07, 6.45) is -0.918. The van der Waals surface area contributed by atoms with Crippen LogP contribution >= 0.6 is 0 Å². The SMILES string of the molecule is CC(=O)N[C@@H](CNC(=O)OC(C)(C)C)CC(=O)O. The predicted octanol–water partition coefficient (Wildman–Crippen LogP) is 0.491. The summed E-state index contributed by atoms with van der Waals surface area (Å²) >= 11 is 0. The molecule has 0 saturated heterocycles. The molecule has 0 aliphatic rings. The minimum Gasteiger partial charge on any atom is -0.481 e. The van der Waals surface area contributed by atoms with Crippen molar-refractivity contribution >= 4 is 18.0 Å². The van der Waals surface area contributed by atoms with Crippen LogP contribution in [0.25, 0.3) is 0 Å². The number of hydrogen-bond donors (Lipinski definition) is 3. The van der Waals surface area contributed by atoms with Crippen molar-refractivity contribution in [1.82, 2.24) is 10.6 Å². The minimum atomic E-state index is -1.06. The zero-order valence-electron chi connectivity index (χ0n) is 11.1. The second-order valence-electron chi connectivity index (χ2n) is 4.88. The van der Waals surface area contributed by atoms with Crippen LogP contribution in [-0.2, 0) is 14.3 Å². The van der Waals surface area contributed by atoms with Crippen LogP contribution in [-0.4, -0.2) is 41.3 Å². The molecule has 7 nitrogen and oxygen atoms in total. The molecule has 0 aromatic rings. The Kier molecular flexibility index (Phi) is 6.15. The van der Waals surface area contributed by atoms with Crippen LogP contribution < -0.4 is 10.6 Å². The summed E-state index contributed by atoms with van der Waals surface area (Å²) in [6.45, 7) is 6.43. The molecule has 0 unspecified atom stereocenters. The van der Waals surface area contributed by atoms with Crippen LogP contribution in [0.2, 0.25) is 0 Å². The number of amides is 2. The van der Waals surface area contributed by atoms with Gasteiger partial charge in [-0.05, 0) is 20.8 Å². The van der Waals surface area contributed by atoms with E-state index < -0.39 is 23.7 Å². The molecule has 1 atom stereocenters. The lowest BCUT2D eigenvalue weighted by Crippen LogP contribution is -2.45. The van der Waals surface area contributed by atoms with E-state index in [4.69, 9.17) is 9.84 Å². The zero-order chi connectivity index (χ0) is 14.3. The first kappa shape index (κ1) is 16.2. The van der Waals surface area contributed by atoms with E-state index in [1.165, 1.54) is 6.92 Å². The number of nitrogens with one attached hydrogen (secondary N) is 2. The zero-order valence-corrected chi connectivity index (χ0v) is 11.1. The molecule has 0 aromatic heterocycles. The normalized spacial score (nSPS) is 12.4. The number of hydrogen-bond acceptors (Lipinski definition) is 4. The van der Waals surface area contributed by atoms with Crippen molar-refractivity contribution in [2.75, 3.05) is 6.54 Å². The molecule has 0 rings (SSSR count). The molecule has 0 spiro atoms. The van der Waals surface area contributed by atoms with Gasteiger partial charge in [-0.25, -0.2) is 4.79 Å². The summed E-state index contributed by atoms with van der Waals surface area (Å²) in [4.78, 5) is 32.8. The van der Waals surface area contributed by atoms with E-state index in [-0.39, 0.29) is 18.9 Å². The highest BCUT2D eigenvalue weighted by Gasteiger charge is 2.19. The van der Waals surface area contributed by atoms with Gasteiger partial charge in [0.2, 0.25) is 5.91 Å². The van der Waals surface area contributed by atoms with Crippen LogP contribution in [0.5, 0.6) is 0 Å². The van der Waals surface area contributed by atoms with Gasteiger partial charge in [-0.15, -0.1) is 0 Å². The molecule has 0 aliphatic heterocycles. The fourth-order valence-electron chi connectivity index (χ4n) is 1.19. The lowest BCUT2D eigenvalue weighted by atomic mass is 10.2. The molecule has 0 fully saturated rings. The fraction of sp³-hybridized carbons (Fsp3) is 0.727. The van der Waals surface area contributed by atoms with E-state index in [9.17, 15) is 14.4 Å². The van der Waals surface area contributed by atoms with E-state index in [0.717, 1.165) is 0 Å². The number of carbonyl (C=O) groups is 3. The lowest BCUT2D eigenvalue weighted by Gasteiger charge is -2.21. The highest BCUT2D eigenvalue weighted by molar-refractivity contribution is 5.75. The third-order valence-corrected chi connectivity index (χ3v) is 1.72. The van der Waals surface area contributed by atoms with Crippen molar-refractivity contribution in [1.29, 1.82) is 0 Å². The quantitative estimate of drug-likeness (QED) is 0.667. The molecule has 0 saturated carbocycles. The second-order valence-corrected chi connectivity index (χ2v) is 4.88. The summed E-state index contributed by atoms with van der Waals surface area (Å²) in [7, 11) is 0. The van der Waals surface area contributed by atoms with Crippen molar-refractivity contribution in [3.8, 4) is 0 Å². The van der Waals surface area contributed by atoms with Crippen LogP contribution in [0.3, 0.4) is 0 Å². The summed E-state index contributed by atoms with van der Waals surface area (Å²) in [5, 5.41) is 13.5. The van der Waals surface area contributed by atoms with Gasteiger partial charge in [0.25, 0.3) is 0 Å². The second kappa shape index (κ2) is 6.83. The maximum atomic E-state index is 11.3. The Balaban J connectivity index is 4.21. The highest BCUT2D eigenvalue weighted by Crippen LogP contribution is 2.06. The Bertz CT molecular complexity index is 306. The average molecular weight is 260 g/mol. The molecular weight excluding hydrogens is 240 g/mol. The smallest absolute Gasteiger partial charge is 0.407 e. The van der Waals surface area contributed by atoms with Crippen molar-refractivity contribution < 1.29 is 24.2 Å². The predicted molar refractivity (Wildman–Crippen MR) is 64.1 cm³/mol. The van der Waals surface area contributed by atoms with Crippen LogP contribution in [0.15, 0.2) is 0 Å². The Morgan fingerprint density at radius 3 is 2.22 bits per heavy atom. The van der Waals surface area contributed by atoms with Crippen molar-refractivity contribution in [3.05, 3.63) is 0 Å². The number of alkyl carbamates (subject to hydrolysis) is 1. The average Bonchev–Trinajstić information content (AvgIpc) is 2.09. The van der Waals surface area contributed by atoms with Crippen molar-refractivity contribution in [3.63, 3.8) is 0 Å². The number of carboxylic acids is 1. The van der Waals surface area contributed by atoms with Gasteiger partial charge in [-0.3, -0.25) is 9.59 Å². The van der Waals surface area contributed by atoms with Gasteiger partial charge in [0, 0.05) is 13.5 Å². The van der Waals surface area contributed by atoms with Gasteiger partial charge in [0.1, 0.15) is 5.60 Å². The molecule has 3 N–H and O–H groups in total. The lowest BCUT2D eigenvalue weighted by molar-refractivity contribution is -0.137. The van der Waals surface area contributed by atoms with Gasteiger partial charge in [0.05, 0.1) is 12.5 Å². The Morgan fingerprint density at radius 1 is 1.28 bits per heavy atom. The molecular formula is C11H20N2O5. The molecule has 18 heavy (non-hydrogen) atoms. The van der Waals surface area contributed by atoms with Gasteiger partial charge >= 0.3 is 12.1 Å². The van der Waals surface area contributed by atoms with E-state index >= 15 is 0 Å². The first-order valence-electron chi connectivity index (χ1n) is 5.56. The number of aliphatic carboxylic acids is 1. The topological polar surface area (TPSA) is 105 Å². The van der Waals surface area contributed by atoms with Crippen LogP contribution in [0, 0.1) is 0 Å². The molecule has 0 heterocycles. The maximum Gasteiger partial charge on any atom is 0.407 e. The highest BCUT2D eigenvalue weighted by atomic mass is 16.6. The number of carbonyl (C=O) groups excluding carboxylic acids is 2. The van der Waals surface area contributed by atoms with Crippen molar-refractivity contribution in [2.24, 2.45) is 0 Å². The molecule has 0 bridgehead atoms. The van der Waals surface area contributed by atoms with E-state index in [0.29, 0.717) is 0 Å². The van der Waals surface area contributed by atoms with E-state index in [1.54, 1.807) is 20.8 Å². The van der Waals surface area contributed by atoms with E-state index in [2.05, 4.69) is 10.6 Å². The third-order valence-electron chi connectivity index (χ3n) is 1.72. The first-order valence-corrected chi connectivity index (χ1v) is 5.56. The fourth-order valence-corrected chi connectivity index (χ4v) is 1.19. The molecule has 0 aliphatic carbocycles. The van der Waals surface area contributed by atoms with E-state index in [1.807, 2.05) is 0 Å². The molecule has 0 aromatic carbocycles. The van der Waals surface area contributed by atoms with Gasteiger partial charge in [-0.1, -0.05) is 0 Å². The molecule has 2 amide bonds. The summed E-state index contributed by atoms with van der Waals surface area (Å²) in [5.41, 5.74) is -0.625. The molecule has 104 valence electrons.